The number of hydrogen-bond donors (Lipinski definition) is 3. The van der Waals surface area contributed by atoms with E-state index in [4.69, 9.17) is 0 Å². The van der Waals surface area contributed by atoms with E-state index < -0.39 is 0 Å². The first kappa shape index (κ1) is 16.4. The highest BCUT2D eigenvalue weighted by molar-refractivity contribution is 5.81. The lowest BCUT2D eigenvalue weighted by molar-refractivity contribution is -0.123. The number of aliphatic hydroxyl groups is 1. The predicted molar refractivity (Wildman–Crippen MR) is 70.8 cm³/mol. The van der Waals surface area contributed by atoms with Crippen LogP contribution in [0.5, 0.6) is 0 Å². The molecule has 0 aliphatic carbocycles. The van der Waals surface area contributed by atoms with Crippen LogP contribution in [0.1, 0.15) is 47.5 Å². The van der Waals surface area contributed by atoms with Crippen LogP contribution in [-0.4, -0.2) is 35.7 Å². The second-order valence-corrected chi connectivity index (χ2v) is 5.12. The van der Waals surface area contributed by atoms with Gasteiger partial charge in [-0.3, -0.25) is 4.79 Å². The smallest absolute Gasteiger partial charge is 0.237 e. The molecular weight excluding hydrogens is 216 g/mol. The topological polar surface area (TPSA) is 61.4 Å². The van der Waals surface area contributed by atoms with Crippen LogP contribution >= 0.6 is 0 Å². The zero-order valence-electron chi connectivity index (χ0n) is 11.8. The molecule has 0 saturated carbocycles. The molecule has 0 fully saturated rings. The maximum absolute atomic E-state index is 11.8. The zero-order chi connectivity index (χ0) is 13.4. The average molecular weight is 244 g/mol. The van der Waals surface area contributed by atoms with E-state index in [-0.39, 0.29) is 30.6 Å². The number of rotatable bonds is 8. The maximum atomic E-state index is 11.8. The number of carbonyl (C=O) groups excluding carboxylic acids is 1. The summed E-state index contributed by atoms with van der Waals surface area (Å²) in [6.07, 6.45) is 2.06. The van der Waals surface area contributed by atoms with Crippen LogP contribution in [0.3, 0.4) is 0 Å². The third-order valence-corrected chi connectivity index (χ3v) is 2.97. The first-order valence-corrected chi connectivity index (χ1v) is 6.59. The normalized spacial score (nSPS) is 16.6. The minimum atomic E-state index is -0.270. The lowest BCUT2D eigenvalue weighted by Crippen LogP contribution is -2.51. The molecular formula is C13H28N2O2. The van der Waals surface area contributed by atoms with Crippen molar-refractivity contribution in [1.29, 1.82) is 0 Å². The summed E-state index contributed by atoms with van der Waals surface area (Å²) >= 11 is 0. The Balaban J connectivity index is 4.12. The summed E-state index contributed by atoms with van der Waals surface area (Å²) in [5, 5.41) is 15.3. The first-order valence-electron chi connectivity index (χ1n) is 6.59. The van der Waals surface area contributed by atoms with E-state index in [2.05, 4.69) is 17.6 Å². The summed E-state index contributed by atoms with van der Waals surface area (Å²) in [4.78, 5) is 11.8. The minimum absolute atomic E-state index is 0.00468. The van der Waals surface area contributed by atoms with Crippen molar-refractivity contribution in [1.82, 2.24) is 10.6 Å². The summed E-state index contributed by atoms with van der Waals surface area (Å²) in [6, 6.07) is -0.0885. The Morgan fingerprint density at radius 1 is 1.24 bits per heavy atom. The molecule has 3 atom stereocenters. The Morgan fingerprint density at radius 3 is 2.24 bits per heavy atom. The summed E-state index contributed by atoms with van der Waals surface area (Å²) in [6.45, 7) is 10.1. The van der Waals surface area contributed by atoms with E-state index in [9.17, 15) is 9.90 Å². The summed E-state index contributed by atoms with van der Waals surface area (Å²) < 4.78 is 0. The van der Waals surface area contributed by atoms with Gasteiger partial charge in [0.15, 0.2) is 0 Å². The van der Waals surface area contributed by atoms with Crippen LogP contribution in [0.25, 0.3) is 0 Å². The summed E-state index contributed by atoms with van der Waals surface area (Å²) in [5.41, 5.74) is 0. The molecule has 0 bridgehead atoms. The SMILES string of the molecule is CCCC(C)NC(=O)C(C)N[C@H](CO)C(C)C. The third kappa shape index (κ3) is 6.64. The molecule has 0 aliphatic rings. The Hall–Kier alpha value is -0.610. The van der Waals surface area contributed by atoms with Gasteiger partial charge < -0.3 is 15.7 Å². The van der Waals surface area contributed by atoms with Crippen LogP contribution in [0.2, 0.25) is 0 Å². The Labute approximate surface area is 105 Å². The molecule has 0 heterocycles. The van der Waals surface area contributed by atoms with Crippen molar-refractivity contribution in [2.24, 2.45) is 5.92 Å². The van der Waals surface area contributed by atoms with Crippen molar-refractivity contribution >= 4 is 5.91 Å². The van der Waals surface area contributed by atoms with Crippen LogP contribution < -0.4 is 10.6 Å². The molecule has 0 saturated heterocycles. The maximum Gasteiger partial charge on any atom is 0.237 e. The van der Waals surface area contributed by atoms with Crippen LogP contribution in [-0.2, 0) is 4.79 Å². The van der Waals surface area contributed by atoms with Gasteiger partial charge in [0.05, 0.1) is 12.6 Å². The molecule has 0 rings (SSSR count). The monoisotopic (exact) mass is 244 g/mol. The van der Waals surface area contributed by atoms with Gasteiger partial charge in [-0.2, -0.15) is 0 Å². The lowest BCUT2D eigenvalue weighted by Gasteiger charge is -2.25. The highest BCUT2D eigenvalue weighted by Gasteiger charge is 2.20. The van der Waals surface area contributed by atoms with Gasteiger partial charge >= 0.3 is 0 Å². The highest BCUT2D eigenvalue weighted by atomic mass is 16.3. The molecule has 4 nitrogen and oxygen atoms in total. The fourth-order valence-electron chi connectivity index (χ4n) is 1.73. The Kier molecular flexibility index (Phi) is 8.17. The molecule has 0 aromatic heterocycles. The van der Waals surface area contributed by atoms with Gasteiger partial charge in [0.2, 0.25) is 5.91 Å². The predicted octanol–water partition coefficient (Wildman–Crippen LogP) is 1.29. The molecule has 4 heteroatoms. The molecule has 17 heavy (non-hydrogen) atoms. The average Bonchev–Trinajstić information content (AvgIpc) is 2.25. The second-order valence-electron chi connectivity index (χ2n) is 5.12. The first-order chi connectivity index (χ1) is 7.92. The van der Waals surface area contributed by atoms with E-state index in [1.54, 1.807) is 0 Å². The van der Waals surface area contributed by atoms with Gasteiger partial charge in [0.1, 0.15) is 0 Å². The van der Waals surface area contributed by atoms with Gasteiger partial charge in [-0.05, 0) is 26.2 Å². The van der Waals surface area contributed by atoms with Crippen molar-refractivity contribution in [2.45, 2.75) is 65.6 Å². The van der Waals surface area contributed by atoms with E-state index in [0.29, 0.717) is 5.92 Å². The molecule has 0 aliphatic heterocycles. The van der Waals surface area contributed by atoms with Crippen LogP contribution in [0.4, 0.5) is 0 Å². The van der Waals surface area contributed by atoms with Crippen molar-refractivity contribution in [3.63, 3.8) is 0 Å². The number of carbonyl (C=O) groups is 1. The fraction of sp³-hybridized carbons (Fsp3) is 0.923. The van der Waals surface area contributed by atoms with Gasteiger partial charge in [-0.15, -0.1) is 0 Å². The highest BCUT2D eigenvalue weighted by Crippen LogP contribution is 2.02. The van der Waals surface area contributed by atoms with E-state index in [1.165, 1.54) is 0 Å². The number of hydrogen-bond acceptors (Lipinski definition) is 3. The van der Waals surface area contributed by atoms with E-state index >= 15 is 0 Å². The molecule has 2 unspecified atom stereocenters. The van der Waals surface area contributed by atoms with Gasteiger partial charge in [-0.1, -0.05) is 27.2 Å². The largest absolute Gasteiger partial charge is 0.395 e. The Bertz CT molecular complexity index is 219. The minimum Gasteiger partial charge on any atom is -0.395 e. The Morgan fingerprint density at radius 2 is 1.82 bits per heavy atom. The van der Waals surface area contributed by atoms with Crippen molar-refractivity contribution in [2.75, 3.05) is 6.61 Å². The number of nitrogens with one attached hydrogen (secondary N) is 2. The van der Waals surface area contributed by atoms with E-state index in [1.807, 2.05) is 27.7 Å². The summed E-state index contributed by atoms with van der Waals surface area (Å²) in [5.74, 6) is 0.313. The lowest BCUT2D eigenvalue weighted by atomic mass is 10.0. The molecule has 0 radical (unpaired) electrons. The van der Waals surface area contributed by atoms with Gasteiger partial charge in [0.25, 0.3) is 0 Å². The molecule has 3 N–H and O–H groups in total. The number of aliphatic hydroxyl groups excluding tert-OH is 1. The molecule has 0 aromatic rings. The second kappa shape index (κ2) is 8.48. The third-order valence-electron chi connectivity index (χ3n) is 2.97. The van der Waals surface area contributed by atoms with Crippen LogP contribution in [0.15, 0.2) is 0 Å². The molecule has 102 valence electrons. The zero-order valence-corrected chi connectivity index (χ0v) is 11.8. The number of amides is 1. The molecule has 0 spiro atoms. The summed E-state index contributed by atoms with van der Waals surface area (Å²) in [7, 11) is 0. The quantitative estimate of drug-likeness (QED) is 0.603. The van der Waals surface area contributed by atoms with Crippen molar-refractivity contribution in [3.05, 3.63) is 0 Å². The molecule has 0 aromatic carbocycles. The van der Waals surface area contributed by atoms with Gasteiger partial charge in [0, 0.05) is 12.1 Å². The van der Waals surface area contributed by atoms with Crippen molar-refractivity contribution in [3.8, 4) is 0 Å². The molecule has 1 amide bonds. The fourth-order valence-corrected chi connectivity index (χ4v) is 1.73. The van der Waals surface area contributed by atoms with Crippen LogP contribution in [0, 0.1) is 5.92 Å². The van der Waals surface area contributed by atoms with Gasteiger partial charge in [-0.25, -0.2) is 0 Å². The van der Waals surface area contributed by atoms with E-state index in [0.717, 1.165) is 12.8 Å². The standard InChI is InChI=1S/C13H28N2O2/c1-6-7-10(4)14-13(17)11(5)15-12(8-16)9(2)3/h9-12,15-16H,6-8H2,1-5H3,(H,14,17)/t10?,11?,12-/m1/s1. The van der Waals surface area contributed by atoms with Crippen molar-refractivity contribution < 1.29 is 9.90 Å².